The Morgan fingerprint density at radius 1 is 1.23 bits per heavy atom. The SMILES string of the molecule is COC(=O)COc1cccc2c(SCC(O)CO)cccc12. The van der Waals surface area contributed by atoms with Crippen LogP contribution in [0.4, 0.5) is 0 Å². The first-order chi connectivity index (χ1) is 10.7. The van der Waals surface area contributed by atoms with Crippen LogP contribution in [0.5, 0.6) is 5.75 Å². The molecule has 0 radical (unpaired) electrons. The van der Waals surface area contributed by atoms with Crippen molar-refractivity contribution in [2.45, 2.75) is 11.0 Å². The lowest BCUT2D eigenvalue weighted by Crippen LogP contribution is -2.14. The zero-order valence-corrected chi connectivity index (χ0v) is 13.0. The number of methoxy groups -OCH3 is 1. The Kier molecular flexibility index (Phi) is 6.06. The van der Waals surface area contributed by atoms with E-state index in [-0.39, 0.29) is 13.2 Å². The standard InChI is InChI=1S/C16H18O5S/c1-20-16(19)9-21-14-6-2-5-13-12(14)4-3-7-15(13)22-10-11(18)8-17/h2-7,11,17-18H,8-10H2,1H3. The van der Waals surface area contributed by atoms with Gasteiger partial charge in [-0.3, -0.25) is 0 Å². The molecule has 0 aliphatic rings. The van der Waals surface area contributed by atoms with Crippen LogP contribution in [-0.2, 0) is 9.53 Å². The summed E-state index contributed by atoms with van der Waals surface area (Å²) in [6.45, 7) is -0.401. The zero-order chi connectivity index (χ0) is 15.9. The molecule has 0 heterocycles. The molecule has 1 unspecified atom stereocenters. The largest absolute Gasteiger partial charge is 0.481 e. The molecule has 1 atom stereocenters. The van der Waals surface area contributed by atoms with Crippen LogP contribution in [0.1, 0.15) is 0 Å². The Bertz CT molecular complexity index is 643. The highest BCUT2D eigenvalue weighted by Gasteiger charge is 2.10. The molecule has 118 valence electrons. The second kappa shape index (κ2) is 8.03. The third kappa shape index (κ3) is 4.13. The van der Waals surface area contributed by atoms with Gasteiger partial charge in [-0.25, -0.2) is 4.79 Å². The maximum Gasteiger partial charge on any atom is 0.343 e. The Labute approximate surface area is 132 Å². The molecule has 0 spiro atoms. The minimum atomic E-state index is -0.751. The molecule has 6 heteroatoms. The smallest absolute Gasteiger partial charge is 0.343 e. The summed E-state index contributed by atoms with van der Waals surface area (Å²) in [6, 6.07) is 11.3. The van der Waals surface area contributed by atoms with E-state index in [9.17, 15) is 9.90 Å². The molecule has 0 aliphatic heterocycles. The second-order valence-electron chi connectivity index (χ2n) is 4.62. The van der Waals surface area contributed by atoms with Crippen LogP contribution in [0.3, 0.4) is 0 Å². The number of aliphatic hydroxyl groups excluding tert-OH is 2. The van der Waals surface area contributed by atoms with E-state index in [1.807, 2.05) is 30.3 Å². The fourth-order valence-electron chi connectivity index (χ4n) is 1.94. The normalized spacial score (nSPS) is 12.1. The lowest BCUT2D eigenvalue weighted by Gasteiger charge is -2.12. The molecule has 2 rings (SSSR count). The summed E-state index contributed by atoms with van der Waals surface area (Å²) in [6.07, 6.45) is -0.751. The van der Waals surface area contributed by atoms with Crippen molar-refractivity contribution < 1.29 is 24.5 Å². The summed E-state index contributed by atoms with van der Waals surface area (Å²) in [5.74, 6) is 0.574. The van der Waals surface area contributed by atoms with E-state index in [0.29, 0.717) is 11.5 Å². The lowest BCUT2D eigenvalue weighted by molar-refractivity contribution is -0.142. The Hall–Kier alpha value is -1.76. The predicted molar refractivity (Wildman–Crippen MR) is 85.3 cm³/mol. The van der Waals surface area contributed by atoms with E-state index in [1.54, 1.807) is 6.07 Å². The highest BCUT2D eigenvalue weighted by Crippen LogP contribution is 2.33. The summed E-state index contributed by atoms with van der Waals surface area (Å²) in [7, 11) is 1.32. The number of benzene rings is 2. The number of thioether (sulfide) groups is 1. The van der Waals surface area contributed by atoms with Gasteiger partial charge in [0.2, 0.25) is 0 Å². The minimum absolute atomic E-state index is 0.143. The van der Waals surface area contributed by atoms with E-state index >= 15 is 0 Å². The van der Waals surface area contributed by atoms with Crippen molar-refractivity contribution in [1.29, 1.82) is 0 Å². The quantitative estimate of drug-likeness (QED) is 0.598. The van der Waals surface area contributed by atoms with E-state index < -0.39 is 12.1 Å². The van der Waals surface area contributed by atoms with Crippen LogP contribution in [0.15, 0.2) is 41.3 Å². The number of carbonyl (C=O) groups excluding carboxylic acids is 1. The molecule has 0 bridgehead atoms. The maximum atomic E-state index is 11.2. The van der Waals surface area contributed by atoms with Crippen molar-refractivity contribution in [2.75, 3.05) is 26.1 Å². The minimum Gasteiger partial charge on any atom is -0.481 e. The molecule has 0 saturated heterocycles. The molecule has 0 fully saturated rings. The van der Waals surface area contributed by atoms with Crippen LogP contribution in [0, 0.1) is 0 Å². The van der Waals surface area contributed by atoms with Gasteiger partial charge in [-0.1, -0.05) is 24.3 Å². The maximum absolute atomic E-state index is 11.2. The molecule has 22 heavy (non-hydrogen) atoms. The van der Waals surface area contributed by atoms with Crippen LogP contribution >= 0.6 is 11.8 Å². The van der Waals surface area contributed by atoms with Gasteiger partial charge in [0.25, 0.3) is 0 Å². The average molecular weight is 322 g/mol. The van der Waals surface area contributed by atoms with Gasteiger partial charge in [-0.05, 0) is 17.5 Å². The van der Waals surface area contributed by atoms with Crippen molar-refractivity contribution in [1.82, 2.24) is 0 Å². The molecule has 2 aromatic carbocycles. The number of rotatable bonds is 7. The Balaban J connectivity index is 2.24. The van der Waals surface area contributed by atoms with Gasteiger partial charge in [0.05, 0.1) is 19.8 Å². The third-order valence-electron chi connectivity index (χ3n) is 3.06. The molecular weight excluding hydrogens is 304 g/mol. The van der Waals surface area contributed by atoms with Crippen molar-refractivity contribution >= 4 is 28.5 Å². The average Bonchev–Trinajstić information content (AvgIpc) is 2.57. The molecule has 2 N–H and O–H groups in total. The second-order valence-corrected chi connectivity index (χ2v) is 5.68. The highest BCUT2D eigenvalue weighted by atomic mass is 32.2. The molecule has 0 saturated carbocycles. The number of hydrogen-bond donors (Lipinski definition) is 2. The van der Waals surface area contributed by atoms with E-state index in [4.69, 9.17) is 9.84 Å². The molecule has 5 nitrogen and oxygen atoms in total. The highest BCUT2D eigenvalue weighted by molar-refractivity contribution is 7.99. The summed E-state index contributed by atoms with van der Waals surface area (Å²) in [5, 5.41) is 20.2. The first kappa shape index (κ1) is 16.6. The van der Waals surface area contributed by atoms with Crippen LogP contribution in [-0.4, -0.2) is 48.4 Å². The Morgan fingerprint density at radius 3 is 2.68 bits per heavy atom. The fourth-order valence-corrected chi connectivity index (χ4v) is 2.92. The van der Waals surface area contributed by atoms with Crippen molar-refractivity contribution in [3.05, 3.63) is 36.4 Å². The molecule has 2 aromatic rings. The predicted octanol–water partition coefficient (Wildman–Crippen LogP) is 1.84. The number of hydrogen-bond acceptors (Lipinski definition) is 6. The monoisotopic (exact) mass is 322 g/mol. The van der Waals surface area contributed by atoms with Gasteiger partial charge in [0.15, 0.2) is 6.61 Å². The van der Waals surface area contributed by atoms with E-state index in [2.05, 4.69) is 4.74 Å². The van der Waals surface area contributed by atoms with Crippen LogP contribution in [0.25, 0.3) is 10.8 Å². The van der Waals surface area contributed by atoms with Gasteiger partial charge in [-0.15, -0.1) is 11.8 Å². The number of aliphatic hydroxyl groups is 2. The summed E-state index contributed by atoms with van der Waals surface area (Å²) >= 11 is 1.46. The number of ether oxygens (including phenoxy) is 2. The van der Waals surface area contributed by atoms with Gasteiger partial charge in [-0.2, -0.15) is 0 Å². The molecule has 0 amide bonds. The van der Waals surface area contributed by atoms with Crippen LogP contribution in [0.2, 0.25) is 0 Å². The summed E-state index contributed by atoms with van der Waals surface area (Å²) < 4.78 is 10.1. The third-order valence-corrected chi connectivity index (χ3v) is 4.28. The van der Waals surface area contributed by atoms with Crippen molar-refractivity contribution in [3.8, 4) is 5.75 Å². The molecule has 0 aromatic heterocycles. The topological polar surface area (TPSA) is 76.0 Å². The zero-order valence-electron chi connectivity index (χ0n) is 12.2. The number of fused-ring (bicyclic) bond motifs is 1. The van der Waals surface area contributed by atoms with Crippen molar-refractivity contribution in [2.24, 2.45) is 0 Å². The van der Waals surface area contributed by atoms with Crippen molar-refractivity contribution in [3.63, 3.8) is 0 Å². The first-order valence-corrected chi connectivity index (χ1v) is 7.77. The van der Waals surface area contributed by atoms with E-state index in [1.165, 1.54) is 18.9 Å². The molecule has 0 aliphatic carbocycles. The van der Waals surface area contributed by atoms with E-state index in [0.717, 1.165) is 15.7 Å². The summed E-state index contributed by atoms with van der Waals surface area (Å²) in [5.41, 5.74) is 0. The molecular formula is C16H18O5S. The number of esters is 1. The van der Waals surface area contributed by atoms with Gasteiger partial charge >= 0.3 is 5.97 Å². The lowest BCUT2D eigenvalue weighted by atomic mass is 10.1. The number of carbonyl (C=O) groups is 1. The first-order valence-electron chi connectivity index (χ1n) is 6.78. The summed E-state index contributed by atoms with van der Waals surface area (Å²) in [4.78, 5) is 12.2. The van der Waals surface area contributed by atoms with Gasteiger partial charge in [0, 0.05) is 16.0 Å². The van der Waals surface area contributed by atoms with Crippen LogP contribution < -0.4 is 4.74 Å². The van der Waals surface area contributed by atoms with Gasteiger partial charge in [0.1, 0.15) is 5.75 Å². The fraction of sp³-hybridized carbons (Fsp3) is 0.312. The Morgan fingerprint density at radius 2 is 1.95 bits per heavy atom. The van der Waals surface area contributed by atoms with Gasteiger partial charge < -0.3 is 19.7 Å².